The van der Waals surface area contributed by atoms with Crippen LogP contribution >= 0.6 is 0 Å². The number of halogens is 2. The van der Waals surface area contributed by atoms with Crippen LogP contribution in [0.15, 0.2) is 36.4 Å². The van der Waals surface area contributed by atoms with Crippen LogP contribution in [0.25, 0.3) is 11.1 Å². The first-order chi connectivity index (χ1) is 8.63. The smallest absolute Gasteiger partial charge is 0.228 e. The van der Waals surface area contributed by atoms with Gasteiger partial charge in [-0.25, -0.2) is 8.78 Å². The monoisotopic (exact) mass is 245 g/mol. The normalized spacial score (nSPS) is 13.3. The van der Waals surface area contributed by atoms with Crippen molar-refractivity contribution in [3.05, 3.63) is 53.6 Å². The number of hydrogen-bond donors (Lipinski definition) is 1. The number of fused-ring (bicyclic) bond motifs is 3. The van der Waals surface area contributed by atoms with Crippen LogP contribution in [0, 0.1) is 11.6 Å². The van der Waals surface area contributed by atoms with Crippen molar-refractivity contribution in [3.63, 3.8) is 0 Å². The fourth-order valence-electron chi connectivity index (χ4n) is 2.17. The lowest BCUT2D eigenvalue weighted by Gasteiger charge is -2.08. The van der Waals surface area contributed by atoms with Gasteiger partial charge in [0.25, 0.3) is 0 Å². The molecule has 90 valence electrons. The highest BCUT2D eigenvalue weighted by Gasteiger charge is 2.19. The van der Waals surface area contributed by atoms with E-state index in [0.29, 0.717) is 22.4 Å². The summed E-state index contributed by atoms with van der Waals surface area (Å²) in [6.45, 7) is 0. The Morgan fingerprint density at radius 1 is 0.944 bits per heavy atom. The van der Waals surface area contributed by atoms with Crippen molar-refractivity contribution >= 4 is 11.6 Å². The van der Waals surface area contributed by atoms with Crippen LogP contribution in [0.2, 0.25) is 0 Å². The first kappa shape index (κ1) is 10.9. The van der Waals surface area contributed by atoms with Gasteiger partial charge in [-0.2, -0.15) is 0 Å². The van der Waals surface area contributed by atoms with E-state index in [1.54, 1.807) is 6.07 Å². The summed E-state index contributed by atoms with van der Waals surface area (Å²) in [5.41, 5.74) is 2.27. The zero-order valence-electron chi connectivity index (χ0n) is 9.34. The number of carbonyl (C=O) groups is 1. The number of hydrogen-bond acceptors (Lipinski definition) is 1. The van der Waals surface area contributed by atoms with Crippen LogP contribution in [0.4, 0.5) is 14.5 Å². The Balaban J connectivity index is 2.32. The minimum absolute atomic E-state index is 0.159. The third-order valence-corrected chi connectivity index (χ3v) is 2.97. The van der Waals surface area contributed by atoms with Crippen molar-refractivity contribution in [2.45, 2.75) is 6.42 Å². The molecule has 0 atom stereocenters. The van der Waals surface area contributed by atoms with Gasteiger partial charge in [-0.05, 0) is 41.5 Å². The van der Waals surface area contributed by atoms with E-state index >= 15 is 0 Å². The van der Waals surface area contributed by atoms with E-state index < -0.39 is 11.6 Å². The Labute approximate surface area is 102 Å². The van der Waals surface area contributed by atoms with Crippen molar-refractivity contribution in [2.75, 3.05) is 5.32 Å². The molecule has 2 aromatic carbocycles. The molecule has 0 unspecified atom stereocenters. The molecule has 0 saturated carbocycles. The SMILES string of the molecule is O=C1Cc2ccc(F)cc2-c2cc(F)ccc2N1. The van der Waals surface area contributed by atoms with Crippen molar-refractivity contribution in [1.29, 1.82) is 0 Å². The lowest BCUT2D eigenvalue weighted by Crippen LogP contribution is -2.12. The third kappa shape index (κ3) is 1.76. The van der Waals surface area contributed by atoms with Crippen molar-refractivity contribution in [3.8, 4) is 11.1 Å². The maximum atomic E-state index is 13.3. The molecule has 1 N–H and O–H groups in total. The van der Waals surface area contributed by atoms with Crippen LogP contribution in [0.1, 0.15) is 5.56 Å². The standard InChI is InChI=1S/C14H9F2NO/c15-9-2-1-8-5-14(18)17-13-4-3-10(16)7-12(13)11(8)6-9/h1-4,6-7H,5H2,(H,17,18). The highest BCUT2D eigenvalue weighted by atomic mass is 19.1. The summed E-state index contributed by atoms with van der Waals surface area (Å²) in [5, 5.41) is 2.69. The molecule has 2 aromatic rings. The van der Waals surface area contributed by atoms with Crippen LogP contribution in [-0.4, -0.2) is 5.91 Å². The number of amides is 1. The van der Waals surface area contributed by atoms with Crippen LogP contribution in [-0.2, 0) is 11.2 Å². The second-order valence-electron chi connectivity index (χ2n) is 4.22. The molecule has 18 heavy (non-hydrogen) atoms. The largest absolute Gasteiger partial charge is 0.325 e. The maximum absolute atomic E-state index is 13.3. The highest BCUT2D eigenvalue weighted by Crippen LogP contribution is 2.34. The molecule has 2 nitrogen and oxygen atoms in total. The zero-order chi connectivity index (χ0) is 12.7. The zero-order valence-corrected chi connectivity index (χ0v) is 9.34. The van der Waals surface area contributed by atoms with E-state index in [-0.39, 0.29) is 12.3 Å². The molecular weight excluding hydrogens is 236 g/mol. The molecule has 1 heterocycles. The summed E-state index contributed by atoms with van der Waals surface area (Å²) in [6.07, 6.45) is 0.159. The molecular formula is C14H9F2NO. The second-order valence-corrected chi connectivity index (χ2v) is 4.22. The molecule has 1 aliphatic heterocycles. The summed E-state index contributed by atoms with van der Waals surface area (Å²) in [4.78, 5) is 11.7. The van der Waals surface area contributed by atoms with Gasteiger partial charge in [0.15, 0.2) is 0 Å². The molecule has 0 bridgehead atoms. The van der Waals surface area contributed by atoms with Gasteiger partial charge in [-0.3, -0.25) is 4.79 Å². The average molecular weight is 245 g/mol. The summed E-state index contributed by atoms with van der Waals surface area (Å²) in [7, 11) is 0. The van der Waals surface area contributed by atoms with Gasteiger partial charge < -0.3 is 5.32 Å². The fourth-order valence-corrected chi connectivity index (χ4v) is 2.17. The molecule has 3 rings (SSSR count). The number of rotatable bonds is 0. The Kier molecular flexibility index (Phi) is 2.37. The van der Waals surface area contributed by atoms with E-state index in [1.165, 1.54) is 30.3 Å². The van der Waals surface area contributed by atoms with Crippen molar-refractivity contribution in [1.82, 2.24) is 0 Å². The minimum Gasteiger partial charge on any atom is -0.325 e. The van der Waals surface area contributed by atoms with Gasteiger partial charge in [-0.15, -0.1) is 0 Å². The molecule has 0 spiro atoms. The van der Waals surface area contributed by atoms with Gasteiger partial charge in [0.2, 0.25) is 5.91 Å². The molecule has 1 aliphatic rings. The van der Waals surface area contributed by atoms with E-state index in [9.17, 15) is 13.6 Å². The number of anilines is 1. The first-order valence-corrected chi connectivity index (χ1v) is 5.52. The lowest BCUT2D eigenvalue weighted by atomic mass is 9.97. The Bertz CT molecular complexity index is 597. The molecule has 0 fully saturated rings. The van der Waals surface area contributed by atoms with E-state index in [2.05, 4.69) is 5.32 Å². The molecule has 0 aliphatic carbocycles. The van der Waals surface area contributed by atoms with Gasteiger partial charge in [0, 0.05) is 11.3 Å². The van der Waals surface area contributed by atoms with Gasteiger partial charge in [0.1, 0.15) is 11.6 Å². The second kappa shape index (κ2) is 3.91. The van der Waals surface area contributed by atoms with E-state index in [0.717, 1.165) is 0 Å². The van der Waals surface area contributed by atoms with Crippen LogP contribution < -0.4 is 5.32 Å². The maximum Gasteiger partial charge on any atom is 0.228 e. The van der Waals surface area contributed by atoms with Gasteiger partial charge in [0.05, 0.1) is 6.42 Å². The van der Waals surface area contributed by atoms with Gasteiger partial charge in [-0.1, -0.05) is 6.07 Å². The quantitative estimate of drug-likeness (QED) is 0.759. The van der Waals surface area contributed by atoms with E-state index in [1.807, 2.05) is 0 Å². The third-order valence-electron chi connectivity index (χ3n) is 2.97. The number of benzene rings is 2. The summed E-state index contributed by atoms with van der Waals surface area (Å²) >= 11 is 0. The summed E-state index contributed by atoms with van der Waals surface area (Å²) in [5.74, 6) is -1.01. The predicted molar refractivity (Wildman–Crippen MR) is 64.1 cm³/mol. The number of carbonyl (C=O) groups excluding carboxylic acids is 1. The molecule has 0 aromatic heterocycles. The van der Waals surface area contributed by atoms with Gasteiger partial charge >= 0.3 is 0 Å². The minimum atomic E-state index is -0.417. The highest BCUT2D eigenvalue weighted by molar-refractivity contribution is 6.00. The van der Waals surface area contributed by atoms with Crippen LogP contribution in [0.5, 0.6) is 0 Å². The molecule has 0 saturated heterocycles. The predicted octanol–water partition coefficient (Wildman–Crippen LogP) is 3.13. The Morgan fingerprint density at radius 3 is 2.39 bits per heavy atom. The first-order valence-electron chi connectivity index (χ1n) is 5.52. The molecule has 0 radical (unpaired) electrons. The molecule has 4 heteroatoms. The topological polar surface area (TPSA) is 29.1 Å². The Morgan fingerprint density at radius 2 is 1.61 bits per heavy atom. The van der Waals surface area contributed by atoms with Crippen molar-refractivity contribution in [2.24, 2.45) is 0 Å². The van der Waals surface area contributed by atoms with Crippen LogP contribution in [0.3, 0.4) is 0 Å². The molecule has 1 amide bonds. The number of nitrogens with one attached hydrogen (secondary N) is 1. The Hall–Kier alpha value is -2.23. The average Bonchev–Trinajstić information content (AvgIpc) is 2.46. The summed E-state index contributed by atoms with van der Waals surface area (Å²) in [6, 6.07) is 8.25. The van der Waals surface area contributed by atoms with E-state index in [4.69, 9.17) is 0 Å². The lowest BCUT2D eigenvalue weighted by molar-refractivity contribution is -0.115. The van der Waals surface area contributed by atoms with Crippen molar-refractivity contribution < 1.29 is 13.6 Å². The fraction of sp³-hybridized carbons (Fsp3) is 0.0714. The summed E-state index contributed by atoms with van der Waals surface area (Å²) < 4.78 is 26.6.